The maximum Gasteiger partial charge on any atom is 0.0413 e. The third kappa shape index (κ3) is 2.11. The maximum absolute atomic E-state index is 3.20. The number of allylic oxidation sites excluding steroid dienone is 2. The molecule has 0 bridgehead atoms. The van der Waals surface area contributed by atoms with E-state index in [2.05, 4.69) is 50.4 Å². The van der Waals surface area contributed by atoms with Crippen LogP contribution in [0.5, 0.6) is 0 Å². The molecule has 1 N–H and O–H groups in total. The molecule has 0 atom stereocenters. The lowest BCUT2D eigenvalue weighted by atomic mass is 10.0. The third-order valence-corrected chi connectivity index (χ3v) is 2.30. The molecule has 0 aromatic heterocycles. The van der Waals surface area contributed by atoms with Gasteiger partial charge in [0, 0.05) is 18.3 Å². The van der Waals surface area contributed by atoms with Gasteiger partial charge in [0.25, 0.3) is 0 Å². The van der Waals surface area contributed by atoms with E-state index in [0.29, 0.717) is 0 Å². The minimum absolute atomic E-state index is 1.20. The molecule has 13 heavy (non-hydrogen) atoms. The second-order valence-electron chi connectivity index (χ2n) is 3.27. The molecule has 1 heteroatoms. The number of hydrogen-bond acceptors (Lipinski definition) is 1. The van der Waals surface area contributed by atoms with Crippen LogP contribution < -0.4 is 5.32 Å². The van der Waals surface area contributed by atoms with Crippen LogP contribution in [0, 0.1) is 6.92 Å². The van der Waals surface area contributed by atoms with Crippen molar-refractivity contribution in [1.82, 2.24) is 0 Å². The van der Waals surface area contributed by atoms with E-state index in [1.165, 1.54) is 22.4 Å². The number of nitrogens with one attached hydrogen (secondary N) is 1. The Balaban J connectivity index is 3.23. The Kier molecular flexibility index (Phi) is 3.13. The standard InChI is InChI=1S/C12H17N/c1-5-10(3)11-8-9(2)6-7-12(11)13-4/h5-8,13H,1-4H3/b10-5+. The molecule has 1 aromatic carbocycles. The fraction of sp³-hybridized carbons (Fsp3) is 0.333. The summed E-state index contributed by atoms with van der Waals surface area (Å²) in [4.78, 5) is 0. The summed E-state index contributed by atoms with van der Waals surface area (Å²) >= 11 is 0. The van der Waals surface area contributed by atoms with Gasteiger partial charge in [-0.25, -0.2) is 0 Å². The molecule has 0 unspecified atom stereocenters. The van der Waals surface area contributed by atoms with Gasteiger partial charge in [-0.1, -0.05) is 17.7 Å². The van der Waals surface area contributed by atoms with E-state index in [0.717, 1.165) is 0 Å². The largest absolute Gasteiger partial charge is 0.388 e. The molecule has 70 valence electrons. The van der Waals surface area contributed by atoms with Gasteiger partial charge < -0.3 is 5.32 Å². The van der Waals surface area contributed by atoms with Gasteiger partial charge in [0.15, 0.2) is 0 Å². The van der Waals surface area contributed by atoms with Crippen LogP contribution >= 0.6 is 0 Å². The molecule has 0 aliphatic heterocycles. The molecule has 1 rings (SSSR count). The van der Waals surface area contributed by atoms with Crippen LogP contribution in [0.3, 0.4) is 0 Å². The van der Waals surface area contributed by atoms with Gasteiger partial charge in [0.05, 0.1) is 0 Å². The molecule has 0 saturated heterocycles. The SMILES string of the molecule is C/C=C(\C)c1cc(C)ccc1NC. The van der Waals surface area contributed by atoms with Crippen molar-refractivity contribution in [1.29, 1.82) is 0 Å². The van der Waals surface area contributed by atoms with Crippen molar-refractivity contribution in [2.24, 2.45) is 0 Å². The summed E-state index contributed by atoms with van der Waals surface area (Å²) in [5.41, 5.74) is 5.11. The molecule has 0 saturated carbocycles. The predicted octanol–water partition coefficient (Wildman–Crippen LogP) is 3.46. The predicted molar refractivity (Wildman–Crippen MR) is 60.1 cm³/mol. The third-order valence-electron chi connectivity index (χ3n) is 2.30. The summed E-state index contributed by atoms with van der Waals surface area (Å²) in [5, 5.41) is 3.20. The Morgan fingerprint density at radius 2 is 2.08 bits per heavy atom. The lowest BCUT2D eigenvalue weighted by Gasteiger charge is -2.10. The van der Waals surface area contributed by atoms with Crippen molar-refractivity contribution in [3.8, 4) is 0 Å². The first kappa shape index (κ1) is 9.85. The molecule has 0 spiro atoms. The topological polar surface area (TPSA) is 12.0 Å². The fourth-order valence-electron chi connectivity index (χ4n) is 1.36. The van der Waals surface area contributed by atoms with E-state index in [-0.39, 0.29) is 0 Å². The summed E-state index contributed by atoms with van der Waals surface area (Å²) in [6.45, 7) is 6.32. The van der Waals surface area contributed by atoms with Gasteiger partial charge in [-0.3, -0.25) is 0 Å². The molecule has 0 radical (unpaired) electrons. The monoisotopic (exact) mass is 175 g/mol. The minimum atomic E-state index is 1.20. The second-order valence-corrected chi connectivity index (χ2v) is 3.27. The van der Waals surface area contributed by atoms with Gasteiger partial charge in [0.2, 0.25) is 0 Å². The summed E-state index contributed by atoms with van der Waals surface area (Å²) in [5.74, 6) is 0. The van der Waals surface area contributed by atoms with Gasteiger partial charge >= 0.3 is 0 Å². The van der Waals surface area contributed by atoms with E-state index < -0.39 is 0 Å². The summed E-state index contributed by atoms with van der Waals surface area (Å²) < 4.78 is 0. The molecule has 0 fully saturated rings. The molecular weight excluding hydrogens is 158 g/mol. The van der Waals surface area contributed by atoms with Crippen LogP contribution in [0.1, 0.15) is 25.0 Å². The van der Waals surface area contributed by atoms with Gasteiger partial charge in [-0.05, 0) is 38.5 Å². The van der Waals surface area contributed by atoms with Crippen LogP contribution in [-0.2, 0) is 0 Å². The van der Waals surface area contributed by atoms with Gasteiger partial charge in [0.1, 0.15) is 0 Å². The van der Waals surface area contributed by atoms with E-state index in [9.17, 15) is 0 Å². The molecule has 0 amide bonds. The highest BCUT2D eigenvalue weighted by Gasteiger charge is 2.01. The average molecular weight is 175 g/mol. The van der Waals surface area contributed by atoms with Gasteiger partial charge in [-0.15, -0.1) is 0 Å². The molecule has 0 aliphatic rings. The number of anilines is 1. The maximum atomic E-state index is 3.20. The Hall–Kier alpha value is -1.24. The van der Waals surface area contributed by atoms with Crippen LogP contribution in [0.4, 0.5) is 5.69 Å². The van der Waals surface area contributed by atoms with Crippen molar-refractivity contribution in [3.05, 3.63) is 35.4 Å². The van der Waals surface area contributed by atoms with Gasteiger partial charge in [-0.2, -0.15) is 0 Å². The number of aryl methyl sites for hydroxylation is 1. The Bertz CT molecular complexity index is 324. The second kappa shape index (κ2) is 4.13. The van der Waals surface area contributed by atoms with E-state index in [1.807, 2.05) is 7.05 Å². The van der Waals surface area contributed by atoms with Crippen molar-refractivity contribution in [3.63, 3.8) is 0 Å². The summed E-state index contributed by atoms with van der Waals surface area (Å²) in [6, 6.07) is 6.46. The smallest absolute Gasteiger partial charge is 0.0413 e. The van der Waals surface area contributed by atoms with Crippen molar-refractivity contribution < 1.29 is 0 Å². The average Bonchev–Trinajstić information content (AvgIpc) is 2.16. The summed E-state index contributed by atoms with van der Waals surface area (Å²) in [7, 11) is 1.96. The van der Waals surface area contributed by atoms with E-state index >= 15 is 0 Å². The van der Waals surface area contributed by atoms with Crippen LogP contribution in [-0.4, -0.2) is 7.05 Å². The highest BCUT2D eigenvalue weighted by atomic mass is 14.8. The number of rotatable bonds is 2. The van der Waals surface area contributed by atoms with E-state index in [4.69, 9.17) is 0 Å². The molecule has 0 heterocycles. The van der Waals surface area contributed by atoms with Crippen LogP contribution in [0.15, 0.2) is 24.3 Å². The van der Waals surface area contributed by atoms with Crippen LogP contribution in [0.2, 0.25) is 0 Å². The molecule has 1 nitrogen and oxygen atoms in total. The molecule has 0 aliphatic carbocycles. The quantitative estimate of drug-likeness (QED) is 0.725. The zero-order valence-electron chi connectivity index (χ0n) is 8.81. The first-order valence-corrected chi connectivity index (χ1v) is 4.60. The molecular formula is C12H17N. The Morgan fingerprint density at radius 1 is 1.38 bits per heavy atom. The van der Waals surface area contributed by atoms with Crippen molar-refractivity contribution in [2.75, 3.05) is 12.4 Å². The Morgan fingerprint density at radius 3 is 2.62 bits per heavy atom. The van der Waals surface area contributed by atoms with Crippen molar-refractivity contribution >= 4 is 11.3 Å². The van der Waals surface area contributed by atoms with E-state index in [1.54, 1.807) is 0 Å². The lowest BCUT2D eigenvalue weighted by Crippen LogP contribution is -1.94. The normalized spacial score (nSPS) is 11.5. The zero-order chi connectivity index (χ0) is 9.84. The first-order chi connectivity index (χ1) is 6.19. The molecule has 1 aromatic rings. The number of hydrogen-bond donors (Lipinski definition) is 1. The number of benzene rings is 1. The Labute approximate surface area is 80.5 Å². The fourth-order valence-corrected chi connectivity index (χ4v) is 1.36. The lowest BCUT2D eigenvalue weighted by molar-refractivity contribution is 1.40. The zero-order valence-corrected chi connectivity index (χ0v) is 8.81. The van der Waals surface area contributed by atoms with Crippen LogP contribution in [0.25, 0.3) is 5.57 Å². The highest BCUT2D eigenvalue weighted by molar-refractivity contribution is 5.75. The first-order valence-electron chi connectivity index (χ1n) is 4.60. The summed E-state index contributed by atoms with van der Waals surface area (Å²) in [6.07, 6.45) is 2.13. The van der Waals surface area contributed by atoms with Crippen molar-refractivity contribution in [2.45, 2.75) is 20.8 Å². The minimum Gasteiger partial charge on any atom is -0.388 e. The highest BCUT2D eigenvalue weighted by Crippen LogP contribution is 2.24.